The summed E-state index contributed by atoms with van der Waals surface area (Å²) in [5, 5.41) is 0. The average molecular weight is 202 g/mol. The Hall–Kier alpha value is -1.08. The molecule has 1 aromatic carbocycles. The first kappa shape index (κ1) is 10.4. The molecule has 0 N–H and O–H groups in total. The van der Waals surface area contributed by atoms with Crippen LogP contribution in [0.3, 0.4) is 0 Å². The van der Waals surface area contributed by atoms with Crippen molar-refractivity contribution in [1.29, 1.82) is 0 Å². The van der Waals surface area contributed by atoms with Gasteiger partial charge in [-0.15, -0.1) is 0 Å². The number of benzene rings is 1. The van der Waals surface area contributed by atoms with Gasteiger partial charge in [-0.1, -0.05) is 42.5 Å². The lowest BCUT2D eigenvalue weighted by molar-refractivity contribution is 0.109. The van der Waals surface area contributed by atoms with Crippen molar-refractivity contribution in [3.8, 4) is 0 Å². The largest absolute Gasteiger partial charge is 0.376 e. The minimum absolute atomic E-state index is 0.723. The number of hydrogen-bond donors (Lipinski definition) is 0. The van der Waals surface area contributed by atoms with E-state index in [9.17, 15) is 0 Å². The number of hydrogen-bond acceptors (Lipinski definition) is 1. The first-order valence-electron chi connectivity index (χ1n) is 5.54. The molecule has 0 heterocycles. The molecule has 15 heavy (non-hydrogen) atoms. The van der Waals surface area contributed by atoms with E-state index in [1.807, 2.05) is 18.2 Å². The summed E-state index contributed by atoms with van der Waals surface area (Å²) < 4.78 is 5.68. The molecule has 2 rings (SSSR count). The van der Waals surface area contributed by atoms with Crippen LogP contribution in [0.5, 0.6) is 0 Å². The third-order valence-electron chi connectivity index (χ3n) is 3.00. The second kappa shape index (κ2) is 4.63. The molecule has 1 fully saturated rings. The van der Waals surface area contributed by atoms with Crippen molar-refractivity contribution in [3.05, 3.63) is 48.0 Å². The van der Waals surface area contributed by atoms with E-state index < -0.39 is 0 Å². The fourth-order valence-electron chi connectivity index (χ4n) is 1.94. The first-order chi connectivity index (χ1) is 7.27. The van der Waals surface area contributed by atoms with Crippen molar-refractivity contribution in [2.24, 2.45) is 11.8 Å². The molecular formula is C14H18O. The van der Waals surface area contributed by atoms with E-state index >= 15 is 0 Å². The quantitative estimate of drug-likeness (QED) is 0.665. The summed E-state index contributed by atoms with van der Waals surface area (Å²) >= 11 is 0. The molecule has 0 aromatic heterocycles. The summed E-state index contributed by atoms with van der Waals surface area (Å²) in [5.41, 5.74) is 2.56. The van der Waals surface area contributed by atoms with Crippen LogP contribution in [-0.2, 0) is 11.3 Å². The van der Waals surface area contributed by atoms with Gasteiger partial charge in [-0.25, -0.2) is 0 Å². The van der Waals surface area contributed by atoms with Gasteiger partial charge in [0.25, 0.3) is 0 Å². The van der Waals surface area contributed by atoms with Gasteiger partial charge < -0.3 is 4.74 Å². The Kier molecular flexibility index (Phi) is 3.22. The molecule has 1 aliphatic carbocycles. The van der Waals surface area contributed by atoms with Crippen molar-refractivity contribution >= 4 is 0 Å². The van der Waals surface area contributed by atoms with Gasteiger partial charge in [0.05, 0.1) is 13.2 Å². The van der Waals surface area contributed by atoms with E-state index in [1.165, 1.54) is 17.6 Å². The van der Waals surface area contributed by atoms with E-state index in [0.717, 1.165) is 25.0 Å². The molecule has 1 unspecified atom stereocenters. The van der Waals surface area contributed by atoms with Gasteiger partial charge in [0.2, 0.25) is 0 Å². The molecule has 1 aromatic rings. The topological polar surface area (TPSA) is 9.23 Å². The van der Waals surface area contributed by atoms with Crippen molar-refractivity contribution in [1.82, 2.24) is 0 Å². The normalized spacial score (nSPS) is 23.8. The molecule has 0 spiro atoms. The van der Waals surface area contributed by atoms with Gasteiger partial charge in [-0.3, -0.25) is 0 Å². The van der Waals surface area contributed by atoms with Crippen LogP contribution < -0.4 is 0 Å². The molecule has 80 valence electrons. The highest BCUT2D eigenvalue weighted by molar-refractivity contribution is 5.13. The van der Waals surface area contributed by atoms with Crippen molar-refractivity contribution in [3.63, 3.8) is 0 Å². The molecule has 2 atom stereocenters. The van der Waals surface area contributed by atoms with E-state index in [-0.39, 0.29) is 0 Å². The average Bonchev–Trinajstić information content (AvgIpc) is 2.99. The molecule has 1 nitrogen and oxygen atoms in total. The molecular weight excluding hydrogens is 184 g/mol. The minimum Gasteiger partial charge on any atom is -0.376 e. The van der Waals surface area contributed by atoms with Crippen LogP contribution in [0.15, 0.2) is 42.5 Å². The van der Waals surface area contributed by atoms with Crippen LogP contribution in [0.25, 0.3) is 0 Å². The predicted molar refractivity (Wildman–Crippen MR) is 62.5 cm³/mol. The third kappa shape index (κ3) is 2.93. The van der Waals surface area contributed by atoms with E-state index in [1.54, 1.807) is 0 Å². The van der Waals surface area contributed by atoms with E-state index in [0.29, 0.717) is 0 Å². The molecule has 1 aliphatic rings. The number of rotatable bonds is 5. The van der Waals surface area contributed by atoms with Crippen LogP contribution in [0.1, 0.15) is 18.9 Å². The standard InChI is InChI=1S/C14H18O/c1-11(2)14-8-13(14)10-15-9-12-6-4-3-5-7-12/h3-7,13-14H,1,8-10H2,2H3/t13-,14?/m0/s1. The fraction of sp³-hybridized carbons (Fsp3) is 0.429. The highest BCUT2D eigenvalue weighted by Crippen LogP contribution is 2.43. The highest BCUT2D eigenvalue weighted by Gasteiger charge is 2.37. The monoisotopic (exact) mass is 202 g/mol. The molecule has 0 bridgehead atoms. The second-order valence-electron chi connectivity index (χ2n) is 4.45. The van der Waals surface area contributed by atoms with Crippen LogP contribution >= 0.6 is 0 Å². The molecule has 0 aliphatic heterocycles. The van der Waals surface area contributed by atoms with E-state index in [4.69, 9.17) is 4.74 Å². The minimum atomic E-state index is 0.723. The maximum absolute atomic E-state index is 5.68. The molecule has 1 saturated carbocycles. The zero-order valence-corrected chi connectivity index (χ0v) is 9.28. The fourth-order valence-corrected chi connectivity index (χ4v) is 1.94. The van der Waals surface area contributed by atoms with E-state index in [2.05, 4.69) is 25.6 Å². The summed E-state index contributed by atoms with van der Waals surface area (Å²) in [6.07, 6.45) is 1.27. The smallest absolute Gasteiger partial charge is 0.0717 e. The molecule has 0 radical (unpaired) electrons. The van der Waals surface area contributed by atoms with Crippen molar-refractivity contribution < 1.29 is 4.74 Å². The summed E-state index contributed by atoms with van der Waals surface area (Å²) in [7, 11) is 0. The summed E-state index contributed by atoms with van der Waals surface area (Å²) in [6.45, 7) is 7.71. The van der Waals surface area contributed by atoms with Crippen LogP contribution in [0.4, 0.5) is 0 Å². The van der Waals surface area contributed by atoms with Gasteiger partial charge >= 0.3 is 0 Å². The van der Waals surface area contributed by atoms with Crippen molar-refractivity contribution in [2.75, 3.05) is 6.61 Å². The van der Waals surface area contributed by atoms with Crippen molar-refractivity contribution in [2.45, 2.75) is 20.0 Å². The van der Waals surface area contributed by atoms with Gasteiger partial charge in [-0.05, 0) is 30.7 Å². The molecule has 0 saturated heterocycles. The lowest BCUT2D eigenvalue weighted by Gasteiger charge is -2.03. The van der Waals surface area contributed by atoms with Gasteiger partial charge in [-0.2, -0.15) is 0 Å². The molecule has 0 amide bonds. The van der Waals surface area contributed by atoms with Gasteiger partial charge in [0.15, 0.2) is 0 Å². The zero-order valence-electron chi connectivity index (χ0n) is 9.28. The summed E-state index contributed by atoms with van der Waals surface area (Å²) in [4.78, 5) is 0. The second-order valence-corrected chi connectivity index (χ2v) is 4.45. The third-order valence-corrected chi connectivity index (χ3v) is 3.00. The Labute approximate surface area is 91.8 Å². The van der Waals surface area contributed by atoms with Gasteiger partial charge in [0.1, 0.15) is 0 Å². The van der Waals surface area contributed by atoms with Gasteiger partial charge in [0, 0.05) is 0 Å². The van der Waals surface area contributed by atoms with Crippen LogP contribution in [0, 0.1) is 11.8 Å². The Balaban J connectivity index is 1.67. The Bertz CT molecular complexity index is 328. The highest BCUT2D eigenvalue weighted by atomic mass is 16.5. The number of ether oxygens (including phenoxy) is 1. The van der Waals surface area contributed by atoms with Crippen LogP contribution in [-0.4, -0.2) is 6.61 Å². The SMILES string of the molecule is C=C(C)C1C[C@H]1COCc1ccccc1. The maximum Gasteiger partial charge on any atom is 0.0717 e. The number of allylic oxidation sites excluding steroid dienone is 1. The Morgan fingerprint density at radius 3 is 2.73 bits per heavy atom. The lowest BCUT2D eigenvalue weighted by Crippen LogP contribution is -1.98. The van der Waals surface area contributed by atoms with Crippen LogP contribution in [0.2, 0.25) is 0 Å². The Morgan fingerprint density at radius 2 is 2.13 bits per heavy atom. The maximum atomic E-state index is 5.68. The summed E-state index contributed by atoms with van der Waals surface area (Å²) in [6, 6.07) is 10.3. The first-order valence-corrected chi connectivity index (χ1v) is 5.54. The molecule has 1 heteroatoms. The zero-order chi connectivity index (χ0) is 10.7. The Morgan fingerprint density at radius 1 is 1.40 bits per heavy atom. The summed E-state index contributed by atoms with van der Waals surface area (Å²) in [5.74, 6) is 1.45. The lowest BCUT2D eigenvalue weighted by atomic mass is 10.2. The predicted octanol–water partition coefficient (Wildman–Crippen LogP) is 3.42.